The molecule has 6 nitrogen and oxygen atoms in total. The summed E-state index contributed by atoms with van der Waals surface area (Å²) in [5.41, 5.74) is 0. The highest BCUT2D eigenvalue weighted by Gasteiger charge is 2.25. The molecule has 3 unspecified atom stereocenters. The van der Waals surface area contributed by atoms with E-state index >= 15 is 0 Å². The van der Waals surface area contributed by atoms with E-state index in [1.54, 1.807) is 13.2 Å². The van der Waals surface area contributed by atoms with Crippen LogP contribution in [0.1, 0.15) is 32.6 Å². The van der Waals surface area contributed by atoms with Crippen molar-refractivity contribution in [3.8, 4) is 0 Å². The van der Waals surface area contributed by atoms with E-state index in [4.69, 9.17) is 0 Å². The smallest absolute Gasteiger partial charge is 0.191 e. The van der Waals surface area contributed by atoms with Gasteiger partial charge in [-0.1, -0.05) is 13.3 Å². The molecule has 0 saturated heterocycles. The minimum atomic E-state index is -0.688. The van der Waals surface area contributed by atoms with Crippen molar-refractivity contribution in [2.45, 2.75) is 50.4 Å². The van der Waals surface area contributed by atoms with Gasteiger partial charge in [0.1, 0.15) is 0 Å². The van der Waals surface area contributed by atoms with Crippen molar-refractivity contribution in [1.82, 2.24) is 20.4 Å². The van der Waals surface area contributed by atoms with Crippen molar-refractivity contribution in [1.29, 1.82) is 0 Å². The molecule has 8 heteroatoms. The Morgan fingerprint density at radius 3 is 2.96 bits per heavy atom. The molecular weight excluding hydrogens is 425 g/mol. The molecule has 0 spiro atoms. The highest BCUT2D eigenvalue weighted by molar-refractivity contribution is 14.0. The normalized spacial score (nSPS) is 23.0. The van der Waals surface area contributed by atoms with E-state index in [1.165, 1.54) is 0 Å². The number of guanidine groups is 1. The van der Waals surface area contributed by atoms with Crippen LogP contribution in [0.5, 0.6) is 0 Å². The van der Waals surface area contributed by atoms with Gasteiger partial charge in [-0.05, 0) is 25.3 Å². The first kappa shape index (κ1) is 20.4. The zero-order chi connectivity index (χ0) is 15.8. The number of hydrogen-bond acceptors (Lipinski definition) is 3. The Balaban J connectivity index is 0.00000264. The summed E-state index contributed by atoms with van der Waals surface area (Å²) in [6, 6.07) is 2.29. The van der Waals surface area contributed by atoms with Gasteiger partial charge in [-0.15, -0.1) is 24.0 Å². The van der Waals surface area contributed by atoms with Crippen molar-refractivity contribution in [3.63, 3.8) is 0 Å². The predicted octanol–water partition coefficient (Wildman–Crippen LogP) is 1.75. The lowest BCUT2D eigenvalue weighted by Gasteiger charge is -2.30. The largest absolute Gasteiger partial charge is 0.355 e. The lowest BCUT2D eigenvalue weighted by Crippen LogP contribution is -2.47. The Hall–Kier alpha value is -0.640. The van der Waals surface area contributed by atoms with Gasteiger partial charge in [-0.3, -0.25) is 13.9 Å². The molecule has 0 amide bonds. The molecule has 1 heterocycles. The van der Waals surface area contributed by atoms with Gasteiger partial charge in [0, 0.05) is 53.8 Å². The monoisotopic (exact) mass is 453 g/mol. The second kappa shape index (κ2) is 11.0. The van der Waals surface area contributed by atoms with Crippen LogP contribution in [0.25, 0.3) is 0 Å². The fourth-order valence-corrected chi connectivity index (χ4v) is 4.21. The maximum atomic E-state index is 12.0. The topological polar surface area (TPSA) is 71.3 Å². The van der Waals surface area contributed by atoms with Crippen LogP contribution in [0.3, 0.4) is 0 Å². The Bertz CT molecular complexity index is 494. The van der Waals surface area contributed by atoms with Crippen LogP contribution in [-0.4, -0.2) is 50.6 Å². The second-order valence-corrected chi connectivity index (χ2v) is 7.57. The standard InChI is InChI=1S/C15H27N5OS.HI/c1-3-22(21)14-7-4-6-13(12-14)19-15(16-2)17-9-11-20-10-5-8-18-20;/h5,8,10,13-14H,3-4,6-7,9,11-12H2,1-2H3,(H2,16,17,19);1H. The molecule has 0 bridgehead atoms. The molecule has 23 heavy (non-hydrogen) atoms. The maximum absolute atomic E-state index is 12.0. The second-order valence-electron chi connectivity index (χ2n) is 5.57. The molecule has 1 aromatic heterocycles. The summed E-state index contributed by atoms with van der Waals surface area (Å²) in [6.45, 7) is 3.59. The first-order valence-corrected chi connectivity index (χ1v) is 9.43. The van der Waals surface area contributed by atoms with E-state index in [0.29, 0.717) is 11.3 Å². The van der Waals surface area contributed by atoms with Crippen molar-refractivity contribution >= 4 is 40.7 Å². The van der Waals surface area contributed by atoms with Gasteiger partial charge in [0.25, 0.3) is 0 Å². The fraction of sp³-hybridized carbons (Fsp3) is 0.733. The van der Waals surface area contributed by atoms with Crippen LogP contribution in [-0.2, 0) is 17.3 Å². The number of aromatic nitrogens is 2. The zero-order valence-corrected chi connectivity index (χ0v) is 17.0. The van der Waals surface area contributed by atoms with Crippen LogP contribution in [0.15, 0.2) is 23.5 Å². The number of nitrogens with zero attached hydrogens (tertiary/aromatic N) is 3. The molecule has 1 aromatic rings. The molecule has 132 valence electrons. The van der Waals surface area contributed by atoms with Gasteiger partial charge in [0.15, 0.2) is 5.96 Å². The minimum Gasteiger partial charge on any atom is -0.355 e. The van der Waals surface area contributed by atoms with Crippen molar-refractivity contribution in [3.05, 3.63) is 18.5 Å². The molecule has 3 atom stereocenters. The molecule has 1 aliphatic carbocycles. The Labute approximate surface area is 158 Å². The first-order valence-electron chi connectivity index (χ1n) is 8.04. The fourth-order valence-electron chi connectivity index (χ4n) is 2.86. The van der Waals surface area contributed by atoms with Crippen LogP contribution >= 0.6 is 24.0 Å². The summed E-state index contributed by atoms with van der Waals surface area (Å²) in [4.78, 5) is 4.28. The Morgan fingerprint density at radius 2 is 2.30 bits per heavy atom. The quantitative estimate of drug-likeness (QED) is 0.391. The lowest BCUT2D eigenvalue weighted by atomic mass is 9.95. The number of rotatable bonds is 6. The third-order valence-electron chi connectivity index (χ3n) is 4.04. The van der Waals surface area contributed by atoms with Crippen LogP contribution in [0, 0.1) is 0 Å². The summed E-state index contributed by atoms with van der Waals surface area (Å²) in [5, 5.41) is 11.3. The molecule has 0 aromatic carbocycles. The molecule has 1 aliphatic rings. The van der Waals surface area contributed by atoms with Crippen LogP contribution in [0.4, 0.5) is 0 Å². The number of hydrogen-bond donors (Lipinski definition) is 2. The third kappa shape index (κ3) is 6.78. The predicted molar refractivity (Wildman–Crippen MR) is 107 cm³/mol. The summed E-state index contributed by atoms with van der Waals surface area (Å²) < 4.78 is 13.9. The van der Waals surface area contributed by atoms with Crippen molar-refractivity contribution in [2.24, 2.45) is 4.99 Å². The minimum absolute atomic E-state index is 0. The molecule has 1 fully saturated rings. The molecule has 0 aliphatic heterocycles. The lowest BCUT2D eigenvalue weighted by molar-refractivity contribution is 0.413. The molecular formula is C15H28IN5OS. The molecule has 2 N–H and O–H groups in total. The van der Waals surface area contributed by atoms with Gasteiger partial charge in [-0.25, -0.2) is 0 Å². The number of nitrogens with one attached hydrogen (secondary N) is 2. The van der Waals surface area contributed by atoms with E-state index in [0.717, 1.165) is 50.5 Å². The van der Waals surface area contributed by atoms with E-state index in [9.17, 15) is 4.21 Å². The summed E-state index contributed by atoms with van der Waals surface area (Å²) in [6.07, 6.45) is 8.05. The molecule has 0 radical (unpaired) electrons. The van der Waals surface area contributed by atoms with Crippen molar-refractivity contribution in [2.75, 3.05) is 19.3 Å². The van der Waals surface area contributed by atoms with E-state index < -0.39 is 10.8 Å². The van der Waals surface area contributed by atoms with Gasteiger partial charge in [-0.2, -0.15) is 5.10 Å². The number of aliphatic imine (C=N–C) groups is 1. The number of halogens is 1. The van der Waals surface area contributed by atoms with Gasteiger partial charge in [0.2, 0.25) is 0 Å². The van der Waals surface area contributed by atoms with Gasteiger partial charge in [0.05, 0.1) is 6.54 Å². The maximum Gasteiger partial charge on any atom is 0.191 e. The molecule has 1 saturated carbocycles. The summed E-state index contributed by atoms with van der Waals surface area (Å²) in [5.74, 6) is 1.58. The van der Waals surface area contributed by atoms with Gasteiger partial charge >= 0.3 is 0 Å². The van der Waals surface area contributed by atoms with E-state index in [-0.39, 0.29) is 24.0 Å². The average Bonchev–Trinajstić information content (AvgIpc) is 3.06. The zero-order valence-electron chi connectivity index (χ0n) is 13.9. The van der Waals surface area contributed by atoms with Gasteiger partial charge < -0.3 is 10.6 Å². The van der Waals surface area contributed by atoms with Crippen LogP contribution in [0.2, 0.25) is 0 Å². The average molecular weight is 453 g/mol. The first-order chi connectivity index (χ1) is 10.7. The Morgan fingerprint density at radius 1 is 1.48 bits per heavy atom. The van der Waals surface area contributed by atoms with Crippen molar-refractivity contribution < 1.29 is 4.21 Å². The van der Waals surface area contributed by atoms with E-state index in [2.05, 4.69) is 20.7 Å². The SMILES string of the molecule is CCS(=O)C1CCCC(NC(=NC)NCCn2cccn2)C1.I. The summed E-state index contributed by atoms with van der Waals surface area (Å²) in [7, 11) is 1.10. The molecule has 2 rings (SSSR count). The van der Waals surface area contributed by atoms with Crippen LogP contribution < -0.4 is 10.6 Å². The highest BCUT2D eigenvalue weighted by atomic mass is 127. The van der Waals surface area contributed by atoms with E-state index in [1.807, 2.05) is 23.9 Å². The highest BCUT2D eigenvalue weighted by Crippen LogP contribution is 2.22. The Kier molecular flexibility index (Phi) is 9.77. The summed E-state index contributed by atoms with van der Waals surface area (Å²) >= 11 is 0. The third-order valence-corrected chi connectivity index (χ3v) is 5.78.